The van der Waals surface area contributed by atoms with Crippen molar-refractivity contribution in [3.63, 3.8) is 0 Å². The average Bonchev–Trinajstić information content (AvgIpc) is 2.21. The van der Waals surface area contributed by atoms with Crippen molar-refractivity contribution < 1.29 is 9.50 Å². The van der Waals surface area contributed by atoms with Crippen LogP contribution in [0.1, 0.15) is 25.0 Å². The van der Waals surface area contributed by atoms with E-state index < -0.39 is 5.60 Å². The zero-order valence-corrected chi connectivity index (χ0v) is 10.5. The molecule has 0 aliphatic heterocycles. The highest BCUT2D eigenvalue weighted by molar-refractivity contribution is 5.74. The summed E-state index contributed by atoms with van der Waals surface area (Å²) < 4.78 is 13.8. The summed E-state index contributed by atoms with van der Waals surface area (Å²) in [5.74, 6) is -0.340. The van der Waals surface area contributed by atoms with E-state index in [2.05, 4.69) is 11.9 Å². The fraction of sp³-hybridized carbons (Fsp3) is 0.385. The van der Waals surface area contributed by atoms with Gasteiger partial charge in [0.05, 0.1) is 17.0 Å². The molecule has 0 fully saturated rings. The second-order valence-electron chi connectivity index (χ2n) is 4.74. The largest absolute Gasteiger partial charge is 0.397 e. The smallest absolute Gasteiger partial charge is 0.135 e. The lowest BCUT2D eigenvalue weighted by molar-refractivity contribution is 0.0945. The van der Waals surface area contributed by atoms with Crippen LogP contribution in [0.25, 0.3) is 6.08 Å². The second-order valence-corrected chi connectivity index (χ2v) is 4.74. The highest BCUT2D eigenvalue weighted by Gasteiger charge is 2.16. The van der Waals surface area contributed by atoms with Crippen molar-refractivity contribution in [3.05, 3.63) is 29.6 Å². The molecule has 0 aliphatic rings. The summed E-state index contributed by atoms with van der Waals surface area (Å²) in [6, 6.07) is 1.53. The molecule has 0 aromatic heterocycles. The van der Waals surface area contributed by atoms with Crippen molar-refractivity contribution in [3.8, 4) is 0 Å². The number of rotatable bonds is 4. The lowest BCUT2D eigenvalue weighted by Crippen LogP contribution is -2.30. The van der Waals surface area contributed by atoms with Gasteiger partial charge >= 0.3 is 0 Å². The van der Waals surface area contributed by atoms with Gasteiger partial charge in [-0.2, -0.15) is 0 Å². The lowest BCUT2D eigenvalue weighted by atomic mass is 10.0. The normalized spacial score (nSPS) is 11.4. The average molecular weight is 238 g/mol. The first-order valence-corrected chi connectivity index (χ1v) is 5.43. The Hall–Kier alpha value is -1.55. The predicted octanol–water partition coefficient (Wildman–Crippen LogP) is 2.54. The van der Waals surface area contributed by atoms with E-state index in [1.165, 1.54) is 12.1 Å². The fourth-order valence-corrected chi connectivity index (χ4v) is 1.53. The van der Waals surface area contributed by atoms with Crippen LogP contribution in [-0.2, 0) is 0 Å². The van der Waals surface area contributed by atoms with Crippen LogP contribution in [0.5, 0.6) is 0 Å². The number of benzene rings is 1. The molecule has 0 heterocycles. The molecule has 0 bridgehead atoms. The number of aliphatic hydroxyl groups is 1. The number of nitrogen functional groups attached to an aromatic ring is 1. The number of nitrogens with one attached hydrogen (secondary N) is 1. The number of halogens is 1. The fourth-order valence-electron chi connectivity index (χ4n) is 1.53. The lowest BCUT2D eigenvalue weighted by Gasteiger charge is -2.21. The van der Waals surface area contributed by atoms with Gasteiger partial charge in [-0.25, -0.2) is 4.39 Å². The molecule has 0 atom stereocenters. The second kappa shape index (κ2) is 4.75. The highest BCUT2D eigenvalue weighted by Crippen LogP contribution is 2.29. The topological polar surface area (TPSA) is 58.3 Å². The van der Waals surface area contributed by atoms with Crippen molar-refractivity contribution >= 4 is 17.5 Å². The van der Waals surface area contributed by atoms with E-state index in [-0.39, 0.29) is 5.82 Å². The predicted molar refractivity (Wildman–Crippen MR) is 70.4 cm³/mol. The molecule has 0 radical (unpaired) electrons. The molecule has 0 saturated heterocycles. The van der Waals surface area contributed by atoms with Crippen molar-refractivity contribution in [1.82, 2.24) is 0 Å². The molecule has 0 saturated carbocycles. The Kier molecular flexibility index (Phi) is 3.78. The molecule has 0 unspecified atom stereocenters. The van der Waals surface area contributed by atoms with Gasteiger partial charge in [0, 0.05) is 17.7 Å². The standard InChI is InChI=1S/C13H19FN2O/c1-5-9-6-10(15)12(8(2)11(9)14)16-7-13(3,4)17/h5-6,16-17H,1,7,15H2,2-4H3. The Bertz CT molecular complexity index is 436. The maximum Gasteiger partial charge on any atom is 0.135 e. The van der Waals surface area contributed by atoms with E-state index in [4.69, 9.17) is 5.73 Å². The van der Waals surface area contributed by atoms with Gasteiger partial charge in [-0.3, -0.25) is 0 Å². The molecule has 1 rings (SSSR count). The van der Waals surface area contributed by atoms with Gasteiger partial charge in [0.25, 0.3) is 0 Å². The number of hydrogen-bond donors (Lipinski definition) is 3. The van der Waals surface area contributed by atoms with Crippen LogP contribution < -0.4 is 11.1 Å². The summed E-state index contributed by atoms with van der Waals surface area (Å²) in [5, 5.41) is 12.6. The molecule has 1 aromatic carbocycles. The van der Waals surface area contributed by atoms with Crippen LogP contribution in [0.15, 0.2) is 12.6 Å². The molecular formula is C13H19FN2O. The molecule has 1 aromatic rings. The summed E-state index contributed by atoms with van der Waals surface area (Å²) >= 11 is 0. The Morgan fingerprint density at radius 3 is 2.65 bits per heavy atom. The van der Waals surface area contributed by atoms with E-state index >= 15 is 0 Å². The maximum absolute atomic E-state index is 13.8. The first kappa shape index (κ1) is 13.5. The summed E-state index contributed by atoms with van der Waals surface area (Å²) in [4.78, 5) is 0. The first-order chi connectivity index (χ1) is 7.76. The van der Waals surface area contributed by atoms with Crippen LogP contribution in [-0.4, -0.2) is 17.3 Å². The Balaban J connectivity index is 3.09. The summed E-state index contributed by atoms with van der Waals surface area (Å²) in [6.07, 6.45) is 1.43. The Labute approximate surface area is 101 Å². The van der Waals surface area contributed by atoms with Gasteiger partial charge in [0.15, 0.2) is 0 Å². The van der Waals surface area contributed by atoms with Gasteiger partial charge in [-0.15, -0.1) is 0 Å². The summed E-state index contributed by atoms with van der Waals surface area (Å²) in [5.41, 5.74) is 6.74. The molecule has 3 nitrogen and oxygen atoms in total. The minimum atomic E-state index is -0.882. The minimum absolute atomic E-state index is 0.297. The van der Waals surface area contributed by atoms with E-state index in [1.807, 2.05) is 0 Å². The monoisotopic (exact) mass is 238 g/mol. The van der Waals surface area contributed by atoms with Crippen LogP contribution in [0.3, 0.4) is 0 Å². The molecule has 4 N–H and O–H groups in total. The third kappa shape index (κ3) is 3.20. The van der Waals surface area contributed by atoms with Crippen LogP contribution in [0.4, 0.5) is 15.8 Å². The van der Waals surface area contributed by atoms with Gasteiger partial charge in [0.1, 0.15) is 5.82 Å². The number of nitrogens with two attached hydrogens (primary N) is 1. The first-order valence-electron chi connectivity index (χ1n) is 5.43. The van der Waals surface area contributed by atoms with E-state index in [0.717, 1.165) is 0 Å². The van der Waals surface area contributed by atoms with E-state index in [0.29, 0.717) is 29.0 Å². The molecule has 0 aliphatic carbocycles. The summed E-state index contributed by atoms with van der Waals surface area (Å²) in [6.45, 7) is 8.81. The number of hydrogen-bond acceptors (Lipinski definition) is 3. The Morgan fingerprint density at radius 1 is 1.59 bits per heavy atom. The van der Waals surface area contributed by atoms with Gasteiger partial charge in [0.2, 0.25) is 0 Å². The van der Waals surface area contributed by atoms with Crippen LogP contribution in [0, 0.1) is 12.7 Å². The van der Waals surface area contributed by atoms with E-state index in [9.17, 15) is 9.50 Å². The Morgan fingerprint density at radius 2 is 2.18 bits per heavy atom. The van der Waals surface area contributed by atoms with Crippen molar-refractivity contribution in [1.29, 1.82) is 0 Å². The highest BCUT2D eigenvalue weighted by atomic mass is 19.1. The quantitative estimate of drug-likeness (QED) is 0.706. The van der Waals surface area contributed by atoms with Crippen LogP contribution >= 0.6 is 0 Å². The molecule has 0 spiro atoms. The molecule has 4 heteroatoms. The molecular weight excluding hydrogens is 219 g/mol. The number of anilines is 2. The zero-order valence-electron chi connectivity index (χ0n) is 10.5. The SMILES string of the molecule is C=Cc1cc(N)c(NCC(C)(C)O)c(C)c1F. The molecule has 94 valence electrons. The summed E-state index contributed by atoms with van der Waals surface area (Å²) in [7, 11) is 0. The van der Waals surface area contributed by atoms with Crippen molar-refractivity contribution in [2.75, 3.05) is 17.6 Å². The zero-order chi connectivity index (χ0) is 13.2. The van der Waals surface area contributed by atoms with Crippen molar-refractivity contribution in [2.24, 2.45) is 0 Å². The third-order valence-electron chi connectivity index (χ3n) is 2.48. The molecule has 17 heavy (non-hydrogen) atoms. The van der Waals surface area contributed by atoms with Gasteiger partial charge in [-0.05, 0) is 26.8 Å². The van der Waals surface area contributed by atoms with Gasteiger partial charge in [-0.1, -0.05) is 12.7 Å². The van der Waals surface area contributed by atoms with Crippen LogP contribution in [0.2, 0.25) is 0 Å². The van der Waals surface area contributed by atoms with Crippen molar-refractivity contribution in [2.45, 2.75) is 26.4 Å². The molecule has 0 amide bonds. The third-order valence-corrected chi connectivity index (χ3v) is 2.48. The van der Waals surface area contributed by atoms with Gasteiger partial charge < -0.3 is 16.2 Å². The maximum atomic E-state index is 13.8. The van der Waals surface area contributed by atoms with E-state index in [1.54, 1.807) is 20.8 Å². The minimum Gasteiger partial charge on any atom is -0.397 e.